The second-order valence-corrected chi connectivity index (χ2v) is 6.71. The van der Waals surface area contributed by atoms with E-state index in [0.29, 0.717) is 5.92 Å². The lowest BCUT2D eigenvalue weighted by molar-refractivity contribution is 0.857. The highest BCUT2D eigenvalue weighted by molar-refractivity contribution is 5.75. The average molecular weight is 322 g/mol. The van der Waals surface area contributed by atoms with Gasteiger partial charge in [0.25, 0.3) is 0 Å². The molecule has 0 heterocycles. The van der Waals surface area contributed by atoms with E-state index in [1.807, 2.05) is 0 Å². The molecule has 0 saturated carbocycles. The lowest BCUT2D eigenvalue weighted by atomic mass is 9.87. The van der Waals surface area contributed by atoms with Crippen LogP contribution in [0.4, 0.5) is 0 Å². The minimum absolute atomic E-state index is 0.472. The molecule has 1 atom stereocenters. The molecule has 0 aromatic heterocycles. The number of hydrogen-bond donors (Lipinski definition) is 0. The third-order valence-electron chi connectivity index (χ3n) is 4.93. The number of allylic oxidation sites excluding steroid dienone is 4. The monoisotopic (exact) mass is 322 g/mol. The van der Waals surface area contributed by atoms with Crippen molar-refractivity contribution in [3.63, 3.8) is 0 Å². The van der Waals surface area contributed by atoms with Gasteiger partial charge in [-0.15, -0.1) is 0 Å². The molecular weight excluding hydrogens is 300 g/mol. The van der Waals surface area contributed by atoms with Gasteiger partial charge in [0.2, 0.25) is 0 Å². The van der Waals surface area contributed by atoms with E-state index < -0.39 is 0 Å². The van der Waals surface area contributed by atoms with E-state index in [-0.39, 0.29) is 0 Å². The second kappa shape index (κ2) is 6.94. The van der Waals surface area contributed by atoms with E-state index >= 15 is 0 Å². The molecule has 1 aliphatic rings. The highest BCUT2D eigenvalue weighted by Crippen LogP contribution is 2.31. The number of rotatable bonds is 3. The summed E-state index contributed by atoms with van der Waals surface area (Å²) in [4.78, 5) is 0. The number of hydrogen-bond acceptors (Lipinski definition) is 0. The standard InChI is InChI=1S/C25H22/c1-19-7-9-21(10-8-19)23-15-17-25(18-16-23)24-13-11-22(12-14-24)20-5-3-2-4-6-20/h2-13,15-18,24H,14H2,1H3. The molecule has 3 aromatic rings. The van der Waals surface area contributed by atoms with Crippen LogP contribution in [0.5, 0.6) is 0 Å². The first-order valence-electron chi connectivity index (χ1n) is 8.90. The molecular formula is C25H22. The topological polar surface area (TPSA) is 0 Å². The minimum Gasteiger partial charge on any atom is -0.0761 e. The normalized spacial score (nSPS) is 16.5. The summed E-state index contributed by atoms with van der Waals surface area (Å²) in [6.45, 7) is 2.12. The van der Waals surface area contributed by atoms with Gasteiger partial charge in [-0.25, -0.2) is 0 Å². The highest BCUT2D eigenvalue weighted by Gasteiger charge is 2.12. The predicted molar refractivity (Wildman–Crippen MR) is 108 cm³/mol. The third-order valence-corrected chi connectivity index (χ3v) is 4.93. The van der Waals surface area contributed by atoms with E-state index in [0.717, 1.165) is 6.42 Å². The van der Waals surface area contributed by atoms with Gasteiger partial charge in [0.05, 0.1) is 0 Å². The molecule has 1 unspecified atom stereocenters. The molecule has 3 aromatic carbocycles. The van der Waals surface area contributed by atoms with Gasteiger partial charge >= 0.3 is 0 Å². The van der Waals surface area contributed by atoms with E-state index in [9.17, 15) is 0 Å². The highest BCUT2D eigenvalue weighted by atomic mass is 14.2. The summed E-state index contributed by atoms with van der Waals surface area (Å²) in [7, 11) is 0. The predicted octanol–water partition coefficient (Wildman–Crippen LogP) is 6.79. The Morgan fingerprint density at radius 1 is 0.680 bits per heavy atom. The summed E-state index contributed by atoms with van der Waals surface area (Å²) in [6, 6.07) is 28.4. The van der Waals surface area contributed by atoms with E-state index in [1.165, 1.54) is 33.4 Å². The molecule has 0 saturated heterocycles. The Labute approximate surface area is 150 Å². The van der Waals surface area contributed by atoms with Crippen LogP contribution in [-0.4, -0.2) is 0 Å². The second-order valence-electron chi connectivity index (χ2n) is 6.71. The smallest absolute Gasteiger partial charge is 0.00561 e. The molecule has 0 fully saturated rings. The fraction of sp³-hybridized carbons (Fsp3) is 0.120. The van der Waals surface area contributed by atoms with Crippen molar-refractivity contribution < 1.29 is 0 Å². The van der Waals surface area contributed by atoms with Crippen LogP contribution in [0.2, 0.25) is 0 Å². The van der Waals surface area contributed by atoms with Gasteiger partial charge in [0.15, 0.2) is 0 Å². The summed E-state index contributed by atoms with van der Waals surface area (Å²) in [5.41, 5.74) is 7.87. The van der Waals surface area contributed by atoms with Gasteiger partial charge in [-0.1, -0.05) is 103 Å². The van der Waals surface area contributed by atoms with Crippen LogP contribution in [0.3, 0.4) is 0 Å². The average Bonchev–Trinajstić information content (AvgIpc) is 2.70. The van der Waals surface area contributed by atoms with Crippen LogP contribution < -0.4 is 0 Å². The Balaban J connectivity index is 1.49. The zero-order valence-corrected chi connectivity index (χ0v) is 14.5. The van der Waals surface area contributed by atoms with Crippen LogP contribution in [0.15, 0.2) is 97.1 Å². The van der Waals surface area contributed by atoms with E-state index in [2.05, 4.69) is 104 Å². The molecule has 0 heteroatoms. The molecule has 4 rings (SSSR count). The Bertz CT molecular complexity index is 895. The molecule has 0 spiro atoms. The fourth-order valence-electron chi connectivity index (χ4n) is 3.38. The van der Waals surface area contributed by atoms with Crippen LogP contribution >= 0.6 is 0 Å². The van der Waals surface area contributed by atoms with Crippen LogP contribution in [0.25, 0.3) is 16.7 Å². The number of benzene rings is 3. The number of aryl methyl sites for hydroxylation is 1. The third kappa shape index (κ3) is 3.49. The largest absolute Gasteiger partial charge is 0.0761 e. The fourth-order valence-corrected chi connectivity index (χ4v) is 3.38. The van der Waals surface area contributed by atoms with Crippen molar-refractivity contribution >= 4 is 5.57 Å². The van der Waals surface area contributed by atoms with Crippen molar-refractivity contribution in [1.29, 1.82) is 0 Å². The van der Waals surface area contributed by atoms with Crippen molar-refractivity contribution in [2.75, 3.05) is 0 Å². The van der Waals surface area contributed by atoms with E-state index in [1.54, 1.807) is 0 Å². The van der Waals surface area contributed by atoms with Crippen molar-refractivity contribution in [3.8, 4) is 11.1 Å². The van der Waals surface area contributed by atoms with Crippen molar-refractivity contribution in [2.45, 2.75) is 19.3 Å². The summed E-state index contributed by atoms with van der Waals surface area (Å²) in [6.07, 6.45) is 8.01. The maximum Gasteiger partial charge on any atom is 0.00561 e. The van der Waals surface area contributed by atoms with E-state index in [4.69, 9.17) is 0 Å². The van der Waals surface area contributed by atoms with Gasteiger partial charge < -0.3 is 0 Å². The SMILES string of the molecule is Cc1ccc(-c2ccc(C3C=CC(c4ccccc4)=CC3)cc2)cc1. The minimum atomic E-state index is 0.472. The van der Waals surface area contributed by atoms with Crippen molar-refractivity contribution in [1.82, 2.24) is 0 Å². The van der Waals surface area contributed by atoms with Gasteiger partial charge in [-0.2, -0.15) is 0 Å². The Hall–Kier alpha value is -2.86. The lowest BCUT2D eigenvalue weighted by Crippen LogP contribution is -1.98. The zero-order chi connectivity index (χ0) is 17.1. The maximum absolute atomic E-state index is 2.36. The lowest BCUT2D eigenvalue weighted by Gasteiger charge is -2.17. The first-order chi connectivity index (χ1) is 12.3. The van der Waals surface area contributed by atoms with Gasteiger partial charge in [-0.05, 0) is 41.2 Å². The van der Waals surface area contributed by atoms with Gasteiger partial charge in [0.1, 0.15) is 0 Å². The quantitative estimate of drug-likeness (QED) is 0.498. The van der Waals surface area contributed by atoms with Crippen LogP contribution in [0, 0.1) is 6.92 Å². The molecule has 0 nitrogen and oxygen atoms in total. The maximum atomic E-state index is 2.36. The molecule has 1 aliphatic carbocycles. The molecule has 25 heavy (non-hydrogen) atoms. The first-order valence-corrected chi connectivity index (χ1v) is 8.90. The molecule has 122 valence electrons. The summed E-state index contributed by atoms with van der Waals surface area (Å²) in [5, 5.41) is 0. The molecule has 0 amide bonds. The van der Waals surface area contributed by atoms with Crippen LogP contribution in [0.1, 0.15) is 29.0 Å². The Kier molecular flexibility index (Phi) is 4.35. The molecule has 0 aliphatic heterocycles. The van der Waals surface area contributed by atoms with Crippen molar-refractivity contribution in [3.05, 3.63) is 114 Å². The van der Waals surface area contributed by atoms with Gasteiger partial charge in [-0.3, -0.25) is 0 Å². The summed E-state index contributed by atoms with van der Waals surface area (Å²) >= 11 is 0. The first kappa shape index (κ1) is 15.7. The van der Waals surface area contributed by atoms with Crippen LogP contribution in [-0.2, 0) is 0 Å². The summed E-state index contributed by atoms with van der Waals surface area (Å²) in [5.74, 6) is 0.472. The molecule has 0 radical (unpaired) electrons. The van der Waals surface area contributed by atoms with Gasteiger partial charge in [0, 0.05) is 5.92 Å². The Morgan fingerprint density at radius 2 is 1.32 bits per heavy atom. The zero-order valence-electron chi connectivity index (χ0n) is 14.5. The summed E-state index contributed by atoms with van der Waals surface area (Å²) < 4.78 is 0. The molecule has 0 N–H and O–H groups in total. The molecule has 0 bridgehead atoms. The van der Waals surface area contributed by atoms with Crippen molar-refractivity contribution in [2.24, 2.45) is 0 Å². The Morgan fingerprint density at radius 3 is 1.92 bits per heavy atom.